The zero-order valence-corrected chi connectivity index (χ0v) is 18.0. The molecule has 0 aliphatic heterocycles. The number of phenolic OH excluding ortho intramolecular Hbond substituents is 1. The summed E-state index contributed by atoms with van der Waals surface area (Å²) in [4.78, 5) is 17.9. The van der Waals surface area contributed by atoms with Crippen LogP contribution in [0.15, 0.2) is 101 Å². The Hall–Kier alpha value is -4.38. The molecule has 0 unspecified atom stereocenters. The van der Waals surface area contributed by atoms with Gasteiger partial charge in [-0.2, -0.15) is 0 Å². The number of aromatic nitrogens is 1. The van der Waals surface area contributed by atoms with Gasteiger partial charge >= 0.3 is 0 Å². The standard InChI is InChI=1S/C28H22N2O3/c1-18-12-15-25-23(16-18)30-28(33-25)22-17-21(13-14-24(22)31)29-27(32)26(19-8-4-2-5-9-19)20-10-6-3-7-11-20/h2-17,26,31H,1H3,(H,29,32). The highest BCUT2D eigenvalue weighted by molar-refractivity contribution is 5.98. The average Bonchev–Trinajstić information content (AvgIpc) is 3.25. The second kappa shape index (κ2) is 8.63. The van der Waals surface area contributed by atoms with E-state index in [1.807, 2.05) is 85.8 Å². The highest BCUT2D eigenvalue weighted by Gasteiger charge is 2.23. The number of amides is 1. The van der Waals surface area contributed by atoms with Gasteiger partial charge < -0.3 is 14.8 Å². The Labute approximate surface area is 191 Å². The summed E-state index contributed by atoms with van der Waals surface area (Å²) in [5.74, 6) is -0.319. The molecule has 0 fully saturated rings. The van der Waals surface area contributed by atoms with Crippen molar-refractivity contribution in [1.29, 1.82) is 0 Å². The van der Waals surface area contributed by atoms with Crippen LogP contribution in [0.3, 0.4) is 0 Å². The van der Waals surface area contributed by atoms with Gasteiger partial charge in [-0.15, -0.1) is 0 Å². The van der Waals surface area contributed by atoms with E-state index in [1.165, 1.54) is 6.07 Å². The number of aryl methyl sites for hydroxylation is 1. The van der Waals surface area contributed by atoms with Gasteiger partial charge in [-0.3, -0.25) is 4.79 Å². The van der Waals surface area contributed by atoms with Crippen molar-refractivity contribution in [1.82, 2.24) is 4.98 Å². The molecule has 1 heterocycles. The van der Waals surface area contributed by atoms with Crippen LogP contribution in [-0.4, -0.2) is 16.0 Å². The first-order valence-corrected chi connectivity index (χ1v) is 10.7. The van der Waals surface area contributed by atoms with Crippen LogP contribution in [-0.2, 0) is 4.79 Å². The Morgan fingerprint density at radius 1 is 0.879 bits per heavy atom. The van der Waals surface area contributed by atoms with Crippen LogP contribution in [0, 0.1) is 6.92 Å². The van der Waals surface area contributed by atoms with E-state index in [0.29, 0.717) is 28.2 Å². The van der Waals surface area contributed by atoms with Gasteiger partial charge in [0.25, 0.3) is 0 Å². The molecule has 0 radical (unpaired) electrons. The predicted octanol–water partition coefficient (Wildman–Crippen LogP) is 6.28. The smallest absolute Gasteiger partial charge is 0.236 e. The molecule has 1 amide bonds. The molecule has 0 saturated heterocycles. The van der Waals surface area contributed by atoms with Crippen molar-refractivity contribution in [2.24, 2.45) is 0 Å². The molecule has 5 nitrogen and oxygen atoms in total. The van der Waals surface area contributed by atoms with E-state index < -0.39 is 5.92 Å². The molecule has 1 aromatic heterocycles. The lowest BCUT2D eigenvalue weighted by atomic mass is 9.90. The van der Waals surface area contributed by atoms with Gasteiger partial charge in [0.15, 0.2) is 5.58 Å². The Balaban J connectivity index is 1.48. The van der Waals surface area contributed by atoms with Crippen LogP contribution in [0.4, 0.5) is 5.69 Å². The number of hydrogen-bond acceptors (Lipinski definition) is 4. The number of rotatable bonds is 5. The molecule has 0 bridgehead atoms. The molecule has 0 aliphatic rings. The first-order chi connectivity index (χ1) is 16.1. The fraction of sp³-hybridized carbons (Fsp3) is 0.0714. The van der Waals surface area contributed by atoms with Crippen molar-refractivity contribution in [2.75, 3.05) is 5.32 Å². The highest BCUT2D eigenvalue weighted by Crippen LogP contribution is 2.34. The monoisotopic (exact) mass is 434 g/mol. The van der Waals surface area contributed by atoms with E-state index in [9.17, 15) is 9.90 Å². The van der Waals surface area contributed by atoms with Gasteiger partial charge in [-0.05, 0) is 53.9 Å². The molecule has 0 atom stereocenters. The van der Waals surface area contributed by atoms with E-state index in [-0.39, 0.29) is 11.7 Å². The van der Waals surface area contributed by atoms with Crippen molar-refractivity contribution in [3.05, 3.63) is 114 Å². The number of benzene rings is 4. The quantitative estimate of drug-likeness (QED) is 0.319. The molecule has 0 saturated carbocycles. The number of hydrogen-bond donors (Lipinski definition) is 2. The molecule has 162 valence electrons. The summed E-state index contributed by atoms with van der Waals surface area (Å²) < 4.78 is 5.85. The summed E-state index contributed by atoms with van der Waals surface area (Å²) in [5.41, 5.74) is 5.18. The van der Waals surface area contributed by atoms with Crippen molar-refractivity contribution >= 4 is 22.7 Å². The highest BCUT2D eigenvalue weighted by atomic mass is 16.3. The van der Waals surface area contributed by atoms with Crippen LogP contribution in [0.2, 0.25) is 0 Å². The van der Waals surface area contributed by atoms with E-state index in [2.05, 4.69) is 10.3 Å². The topological polar surface area (TPSA) is 75.4 Å². The van der Waals surface area contributed by atoms with Crippen LogP contribution in [0.5, 0.6) is 5.75 Å². The van der Waals surface area contributed by atoms with Gasteiger partial charge in [-0.1, -0.05) is 66.7 Å². The third kappa shape index (κ3) is 4.21. The zero-order valence-electron chi connectivity index (χ0n) is 18.0. The maximum absolute atomic E-state index is 13.4. The number of anilines is 1. The number of fused-ring (bicyclic) bond motifs is 1. The minimum absolute atomic E-state index is 0.0268. The lowest BCUT2D eigenvalue weighted by Crippen LogP contribution is -2.22. The summed E-state index contributed by atoms with van der Waals surface area (Å²) in [6.07, 6.45) is 0. The molecule has 0 aliphatic carbocycles. The third-order valence-corrected chi connectivity index (χ3v) is 5.57. The third-order valence-electron chi connectivity index (χ3n) is 5.57. The second-order valence-electron chi connectivity index (χ2n) is 7.97. The van der Waals surface area contributed by atoms with Crippen LogP contribution < -0.4 is 5.32 Å². The fourth-order valence-corrected chi connectivity index (χ4v) is 3.94. The number of oxazole rings is 1. The van der Waals surface area contributed by atoms with Gasteiger partial charge in [-0.25, -0.2) is 4.98 Å². The van der Waals surface area contributed by atoms with E-state index in [1.54, 1.807) is 12.1 Å². The molecule has 5 aromatic rings. The van der Waals surface area contributed by atoms with Gasteiger partial charge in [0, 0.05) is 5.69 Å². The maximum atomic E-state index is 13.4. The molecule has 5 heteroatoms. The molecule has 4 aromatic carbocycles. The van der Waals surface area contributed by atoms with Gasteiger partial charge in [0.05, 0.1) is 11.5 Å². The lowest BCUT2D eigenvalue weighted by molar-refractivity contribution is -0.116. The van der Waals surface area contributed by atoms with Crippen LogP contribution in [0.25, 0.3) is 22.6 Å². The Bertz CT molecular complexity index is 1390. The number of aromatic hydroxyl groups is 1. The SMILES string of the molecule is Cc1ccc2oc(-c3cc(NC(=O)C(c4ccccc4)c4ccccc4)ccc3O)nc2c1. The van der Waals surface area contributed by atoms with Crippen molar-refractivity contribution < 1.29 is 14.3 Å². The largest absolute Gasteiger partial charge is 0.507 e. The predicted molar refractivity (Wildman–Crippen MR) is 129 cm³/mol. The van der Waals surface area contributed by atoms with Crippen molar-refractivity contribution in [3.8, 4) is 17.2 Å². The Kier molecular flexibility index (Phi) is 5.37. The van der Waals surface area contributed by atoms with Crippen molar-refractivity contribution in [3.63, 3.8) is 0 Å². The molecule has 0 spiro atoms. The maximum Gasteiger partial charge on any atom is 0.236 e. The summed E-state index contributed by atoms with van der Waals surface area (Å²) >= 11 is 0. The first-order valence-electron chi connectivity index (χ1n) is 10.7. The molecule has 5 rings (SSSR count). The summed E-state index contributed by atoms with van der Waals surface area (Å²) in [6, 6.07) is 29.9. The number of carbonyl (C=O) groups is 1. The van der Waals surface area contributed by atoms with E-state index in [0.717, 1.165) is 16.7 Å². The van der Waals surface area contributed by atoms with Crippen LogP contribution >= 0.6 is 0 Å². The molecule has 2 N–H and O–H groups in total. The normalized spacial score (nSPS) is 11.1. The van der Waals surface area contributed by atoms with E-state index >= 15 is 0 Å². The Morgan fingerprint density at radius 2 is 1.55 bits per heavy atom. The number of nitrogens with one attached hydrogen (secondary N) is 1. The Morgan fingerprint density at radius 3 is 2.21 bits per heavy atom. The van der Waals surface area contributed by atoms with Gasteiger partial charge in [0.1, 0.15) is 11.3 Å². The number of carbonyl (C=O) groups excluding carboxylic acids is 1. The lowest BCUT2D eigenvalue weighted by Gasteiger charge is -2.18. The zero-order chi connectivity index (χ0) is 22.8. The summed E-state index contributed by atoms with van der Waals surface area (Å²) in [7, 11) is 0. The van der Waals surface area contributed by atoms with Gasteiger partial charge in [0.2, 0.25) is 11.8 Å². The minimum atomic E-state index is -0.475. The molecule has 33 heavy (non-hydrogen) atoms. The molecular weight excluding hydrogens is 412 g/mol. The fourth-order valence-electron chi connectivity index (χ4n) is 3.94. The summed E-state index contributed by atoms with van der Waals surface area (Å²) in [6.45, 7) is 1.98. The molecular formula is C28H22N2O3. The first kappa shape index (κ1) is 20.5. The number of nitrogens with zero attached hydrogens (tertiary/aromatic N) is 1. The minimum Gasteiger partial charge on any atom is -0.507 e. The summed E-state index contributed by atoms with van der Waals surface area (Å²) in [5, 5.41) is 13.5. The van der Waals surface area contributed by atoms with E-state index in [4.69, 9.17) is 4.42 Å². The second-order valence-corrected chi connectivity index (χ2v) is 7.97. The average molecular weight is 434 g/mol. The van der Waals surface area contributed by atoms with Crippen molar-refractivity contribution in [2.45, 2.75) is 12.8 Å². The van der Waals surface area contributed by atoms with Crippen LogP contribution in [0.1, 0.15) is 22.6 Å². The number of phenols is 1.